The Bertz CT molecular complexity index is 694. The molecule has 2 aromatic rings. The molecule has 0 saturated carbocycles. The summed E-state index contributed by atoms with van der Waals surface area (Å²) in [5.74, 6) is -0.748. The Kier molecular flexibility index (Phi) is 4.44. The van der Waals surface area contributed by atoms with E-state index in [4.69, 9.17) is 23.2 Å². The first-order chi connectivity index (χ1) is 9.88. The molecule has 0 fully saturated rings. The van der Waals surface area contributed by atoms with Gasteiger partial charge in [0.1, 0.15) is 6.54 Å². The van der Waals surface area contributed by atoms with Crippen LogP contribution in [0.5, 0.6) is 0 Å². The molecule has 0 bridgehead atoms. The van der Waals surface area contributed by atoms with Crippen LogP contribution in [0.15, 0.2) is 24.3 Å². The fourth-order valence-corrected chi connectivity index (χ4v) is 2.17. The third-order valence-electron chi connectivity index (χ3n) is 2.68. The van der Waals surface area contributed by atoms with Gasteiger partial charge in [-0.3, -0.25) is 4.79 Å². The van der Waals surface area contributed by atoms with Crippen LogP contribution in [0.1, 0.15) is 5.69 Å². The molecule has 0 aliphatic carbocycles. The van der Waals surface area contributed by atoms with Crippen LogP contribution < -0.4 is 5.32 Å². The number of aryl methyl sites for hydroxylation is 1. The molecule has 9 heteroatoms. The smallest absolute Gasteiger partial charge is 0.358 e. The summed E-state index contributed by atoms with van der Waals surface area (Å²) in [4.78, 5) is 22.0. The second-order valence-corrected chi connectivity index (χ2v) is 5.02. The predicted molar refractivity (Wildman–Crippen MR) is 78.7 cm³/mol. The number of nitro groups is 1. The molecule has 7 nitrogen and oxygen atoms in total. The number of hydrogen-bond donors (Lipinski definition) is 1. The first-order valence-corrected chi connectivity index (χ1v) is 6.57. The maximum Gasteiger partial charge on any atom is 0.390 e. The van der Waals surface area contributed by atoms with Gasteiger partial charge in [0.15, 0.2) is 0 Å². The van der Waals surface area contributed by atoms with E-state index < -0.39 is 10.8 Å². The Hall–Kier alpha value is -2.12. The number of aromatic nitrogens is 2. The molecule has 0 spiro atoms. The van der Waals surface area contributed by atoms with Crippen molar-refractivity contribution in [1.82, 2.24) is 9.78 Å². The fourth-order valence-electron chi connectivity index (χ4n) is 1.67. The topological polar surface area (TPSA) is 90.1 Å². The van der Waals surface area contributed by atoms with Crippen molar-refractivity contribution in [3.63, 3.8) is 0 Å². The zero-order valence-corrected chi connectivity index (χ0v) is 12.4. The van der Waals surface area contributed by atoms with Gasteiger partial charge in [-0.1, -0.05) is 29.3 Å². The van der Waals surface area contributed by atoms with Gasteiger partial charge in [0, 0.05) is 0 Å². The predicted octanol–water partition coefficient (Wildman–Crippen LogP) is 3.05. The van der Waals surface area contributed by atoms with Crippen molar-refractivity contribution in [1.29, 1.82) is 0 Å². The summed E-state index contributed by atoms with van der Waals surface area (Å²) < 4.78 is 1.23. The van der Waals surface area contributed by atoms with E-state index in [1.807, 2.05) is 0 Å². The van der Waals surface area contributed by atoms with Gasteiger partial charge < -0.3 is 15.4 Å². The maximum absolute atomic E-state index is 12.0. The van der Waals surface area contributed by atoms with E-state index in [0.29, 0.717) is 21.4 Å². The summed E-state index contributed by atoms with van der Waals surface area (Å²) in [6.07, 6.45) is 0. The maximum atomic E-state index is 12.0. The van der Waals surface area contributed by atoms with Crippen LogP contribution in [0, 0.1) is 17.0 Å². The highest BCUT2D eigenvalue weighted by Gasteiger charge is 2.18. The molecule has 21 heavy (non-hydrogen) atoms. The van der Waals surface area contributed by atoms with Crippen LogP contribution in [0.25, 0.3) is 0 Å². The number of para-hydroxylation sites is 1. The van der Waals surface area contributed by atoms with E-state index in [-0.39, 0.29) is 12.4 Å². The minimum atomic E-state index is -0.619. The highest BCUT2D eigenvalue weighted by molar-refractivity contribution is 6.39. The number of carbonyl (C=O) groups excluding carboxylic acids is 1. The molecule has 1 heterocycles. The molecule has 0 unspecified atom stereocenters. The number of benzene rings is 1. The van der Waals surface area contributed by atoms with Gasteiger partial charge in [0.2, 0.25) is 5.91 Å². The number of amides is 1. The van der Waals surface area contributed by atoms with Gasteiger partial charge in [0.05, 0.1) is 32.6 Å². The van der Waals surface area contributed by atoms with E-state index >= 15 is 0 Å². The molecule has 0 radical (unpaired) electrons. The van der Waals surface area contributed by atoms with Gasteiger partial charge in [-0.25, -0.2) is 0 Å². The molecule has 0 aliphatic rings. The normalized spacial score (nSPS) is 10.4. The average molecular weight is 329 g/mol. The highest BCUT2D eigenvalue weighted by Crippen LogP contribution is 2.29. The fraction of sp³-hybridized carbons (Fsp3) is 0.167. The van der Waals surface area contributed by atoms with Crippen molar-refractivity contribution in [3.05, 3.63) is 50.1 Å². The Morgan fingerprint density at radius 1 is 1.43 bits per heavy atom. The Balaban J connectivity index is 2.14. The summed E-state index contributed by atoms with van der Waals surface area (Å²) in [5.41, 5.74) is 0.798. The second-order valence-electron chi connectivity index (χ2n) is 4.20. The van der Waals surface area contributed by atoms with Gasteiger partial charge in [-0.15, -0.1) is 0 Å². The lowest BCUT2D eigenvalue weighted by Crippen LogP contribution is -2.20. The zero-order valence-electron chi connectivity index (χ0n) is 10.8. The van der Waals surface area contributed by atoms with Crippen LogP contribution in [0.2, 0.25) is 10.0 Å². The summed E-state index contributed by atoms with van der Waals surface area (Å²) >= 11 is 11.9. The largest absolute Gasteiger partial charge is 0.390 e. The number of nitrogens with one attached hydrogen (secondary N) is 1. The van der Waals surface area contributed by atoms with Crippen molar-refractivity contribution in [3.8, 4) is 0 Å². The average Bonchev–Trinajstić information content (AvgIpc) is 2.76. The van der Waals surface area contributed by atoms with E-state index in [1.54, 1.807) is 25.1 Å². The monoisotopic (exact) mass is 328 g/mol. The summed E-state index contributed by atoms with van der Waals surface area (Å²) in [6.45, 7) is 1.44. The Morgan fingerprint density at radius 3 is 2.57 bits per heavy atom. The third kappa shape index (κ3) is 3.50. The SMILES string of the molecule is Cc1cc([N+](=O)[O-])nn1CC(=O)Nc1c(Cl)cccc1Cl. The number of nitrogens with zero attached hydrogens (tertiary/aromatic N) is 3. The summed E-state index contributed by atoms with van der Waals surface area (Å²) in [6, 6.07) is 6.12. The number of rotatable bonds is 4. The molecule has 1 N–H and O–H groups in total. The van der Waals surface area contributed by atoms with Crippen molar-refractivity contribution < 1.29 is 9.72 Å². The third-order valence-corrected chi connectivity index (χ3v) is 3.31. The quantitative estimate of drug-likeness (QED) is 0.689. The lowest BCUT2D eigenvalue weighted by atomic mass is 10.3. The van der Waals surface area contributed by atoms with E-state index in [2.05, 4.69) is 10.4 Å². The van der Waals surface area contributed by atoms with E-state index in [9.17, 15) is 14.9 Å². The first-order valence-electron chi connectivity index (χ1n) is 5.81. The second kappa shape index (κ2) is 6.11. The van der Waals surface area contributed by atoms with Crippen molar-refractivity contribution in [2.75, 3.05) is 5.32 Å². The van der Waals surface area contributed by atoms with Crippen molar-refractivity contribution in [2.24, 2.45) is 0 Å². The molecule has 0 saturated heterocycles. The molecule has 1 aromatic heterocycles. The van der Waals surface area contributed by atoms with Gasteiger partial charge >= 0.3 is 5.82 Å². The van der Waals surface area contributed by atoms with Crippen LogP contribution in [-0.2, 0) is 11.3 Å². The van der Waals surface area contributed by atoms with Crippen LogP contribution in [0.4, 0.5) is 11.5 Å². The highest BCUT2D eigenvalue weighted by atomic mass is 35.5. The Labute approximate surface area is 129 Å². The number of carbonyl (C=O) groups is 1. The molecule has 0 atom stereocenters. The van der Waals surface area contributed by atoms with E-state index in [1.165, 1.54) is 10.7 Å². The molecule has 110 valence electrons. The van der Waals surface area contributed by atoms with Gasteiger partial charge in [-0.2, -0.15) is 4.68 Å². The summed E-state index contributed by atoms with van der Waals surface area (Å²) in [7, 11) is 0. The van der Waals surface area contributed by atoms with Crippen LogP contribution >= 0.6 is 23.2 Å². The number of anilines is 1. The van der Waals surface area contributed by atoms with E-state index in [0.717, 1.165) is 0 Å². The molecule has 0 aliphatic heterocycles. The molecule has 1 aromatic carbocycles. The molecular formula is C12H10Cl2N4O3. The molecular weight excluding hydrogens is 319 g/mol. The van der Waals surface area contributed by atoms with Gasteiger partial charge in [-0.05, 0) is 24.0 Å². The molecule has 2 rings (SSSR count). The minimum Gasteiger partial charge on any atom is -0.358 e. The van der Waals surface area contributed by atoms with Crippen LogP contribution in [0.3, 0.4) is 0 Å². The Morgan fingerprint density at radius 2 is 2.05 bits per heavy atom. The van der Waals surface area contributed by atoms with Gasteiger partial charge in [0.25, 0.3) is 0 Å². The lowest BCUT2D eigenvalue weighted by Gasteiger charge is -2.08. The first kappa shape index (κ1) is 15.3. The standard InChI is InChI=1S/C12H10Cl2N4O3/c1-7-5-10(18(20)21)16-17(7)6-11(19)15-12-8(13)3-2-4-9(12)14/h2-5H,6H2,1H3,(H,15,19). The lowest BCUT2D eigenvalue weighted by molar-refractivity contribution is -0.389. The minimum absolute atomic E-state index is 0.179. The number of hydrogen-bond acceptors (Lipinski definition) is 4. The van der Waals surface area contributed by atoms with Crippen molar-refractivity contribution >= 4 is 40.6 Å². The number of halogens is 2. The summed E-state index contributed by atoms with van der Waals surface area (Å²) in [5, 5.41) is 17.5. The zero-order chi connectivity index (χ0) is 15.6. The molecule has 1 amide bonds. The van der Waals surface area contributed by atoms with Crippen LogP contribution in [-0.4, -0.2) is 20.6 Å². The van der Waals surface area contributed by atoms with Crippen molar-refractivity contribution in [2.45, 2.75) is 13.5 Å².